The molecular weight excluding hydrogens is 368 g/mol. The van der Waals surface area contributed by atoms with Gasteiger partial charge < -0.3 is 19.3 Å². The highest BCUT2D eigenvalue weighted by Crippen LogP contribution is 2.32. The molecular formula is C22H22N4O3. The number of aliphatic hydroxyl groups is 1. The van der Waals surface area contributed by atoms with Gasteiger partial charge in [0.15, 0.2) is 0 Å². The first-order valence-electron chi connectivity index (χ1n) is 9.48. The maximum Gasteiger partial charge on any atom is 0.338 e. The number of aromatic nitrogens is 2. The lowest BCUT2D eigenvalue weighted by Gasteiger charge is -2.19. The highest BCUT2D eigenvalue weighted by molar-refractivity contribution is 6.30. The minimum Gasteiger partial charge on any atom is -0.509 e. The van der Waals surface area contributed by atoms with E-state index in [1.807, 2.05) is 42.8 Å². The van der Waals surface area contributed by atoms with Crippen LogP contribution in [0.5, 0.6) is 0 Å². The van der Waals surface area contributed by atoms with Gasteiger partial charge in [-0.2, -0.15) is 0 Å². The van der Waals surface area contributed by atoms with E-state index < -0.39 is 5.97 Å². The summed E-state index contributed by atoms with van der Waals surface area (Å²) in [6.07, 6.45) is 0.751. The molecule has 0 bridgehead atoms. The number of nitrogens with one attached hydrogen (secondary N) is 1. The number of nitrogens with zero attached hydrogens (tertiary/aromatic N) is 3. The summed E-state index contributed by atoms with van der Waals surface area (Å²) in [6.45, 7) is 2.44. The van der Waals surface area contributed by atoms with Gasteiger partial charge in [0.05, 0.1) is 35.3 Å². The minimum atomic E-state index is -0.396. The predicted molar refractivity (Wildman–Crippen MR) is 112 cm³/mol. The van der Waals surface area contributed by atoms with Crippen molar-refractivity contribution in [2.24, 2.45) is 7.05 Å². The minimum absolute atomic E-state index is 0.0763. The molecule has 2 heterocycles. The highest BCUT2D eigenvalue weighted by Gasteiger charge is 2.32. The molecule has 7 nitrogen and oxygen atoms in total. The summed E-state index contributed by atoms with van der Waals surface area (Å²) in [5, 5.41) is 19.3. The molecule has 1 aliphatic heterocycles. The molecule has 2 aromatic carbocycles. The Hall–Kier alpha value is -3.61. The summed E-state index contributed by atoms with van der Waals surface area (Å²) < 4.78 is 7.07. The molecule has 29 heavy (non-hydrogen) atoms. The molecule has 148 valence electrons. The number of esters is 1. The van der Waals surface area contributed by atoms with Crippen molar-refractivity contribution in [2.75, 3.05) is 18.1 Å². The zero-order valence-corrected chi connectivity index (χ0v) is 16.3. The summed E-state index contributed by atoms with van der Waals surface area (Å²) in [6, 6.07) is 14.6. The fourth-order valence-electron chi connectivity index (χ4n) is 3.48. The fourth-order valence-corrected chi connectivity index (χ4v) is 3.48. The second-order valence-corrected chi connectivity index (χ2v) is 6.93. The molecule has 0 fully saturated rings. The van der Waals surface area contributed by atoms with Crippen molar-refractivity contribution in [1.29, 1.82) is 5.41 Å². The van der Waals surface area contributed by atoms with Crippen molar-refractivity contribution < 1.29 is 14.6 Å². The van der Waals surface area contributed by atoms with Crippen LogP contribution in [-0.2, 0) is 11.8 Å². The normalized spacial score (nSPS) is 14.1. The van der Waals surface area contributed by atoms with Gasteiger partial charge in [-0.05, 0) is 36.8 Å². The average Bonchev–Trinajstić information content (AvgIpc) is 3.22. The van der Waals surface area contributed by atoms with Crippen molar-refractivity contribution in [3.63, 3.8) is 0 Å². The van der Waals surface area contributed by atoms with E-state index in [0.29, 0.717) is 29.3 Å². The molecule has 0 amide bonds. The Labute approximate surface area is 168 Å². The van der Waals surface area contributed by atoms with E-state index in [9.17, 15) is 9.90 Å². The third-order valence-corrected chi connectivity index (χ3v) is 4.94. The van der Waals surface area contributed by atoms with Gasteiger partial charge in [0.2, 0.25) is 0 Å². The van der Waals surface area contributed by atoms with Crippen LogP contribution in [0.1, 0.15) is 29.5 Å². The summed E-state index contributed by atoms with van der Waals surface area (Å²) >= 11 is 0. The lowest BCUT2D eigenvalue weighted by molar-refractivity contribution is 0.0505. The van der Waals surface area contributed by atoms with Crippen LogP contribution in [-0.4, -0.2) is 39.6 Å². The van der Waals surface area contributed by atoms with Crippen LogP contribution < -0.4 is 4.90 Å². The molecule has 3 aromatic rings. The zero-order valence-electron chi connectivity index (χ0n) is 16.3. The van der Waals surface area contributed by atoms with Gasteiger partial charge in [-0.1, -0.05) is 25.1 Å². The van der Waals surface area contributed by atoms with Crippen LogP contribution in [0.3, 0.4) is 0 Å². The largest absolute Gasteiger partial charge is 0.509 e. The van der Waals surface area contributed by atoms with Crippen LogP contribution in [0.25, 0.3) is 16.6 Å². The second kappa shape index (κ2) is 7.43. The molecule has 2 N–H and O–H groups in total. The Kier molecular flexibility index (Phi) is 4.80. The first-order chi connectivity index (χ1) is 14.0. The average molecular weight is 390 g/mol. The fraction of sp³-hybridized carbons (Fsp3) is 0.227. The molecule has 0 spiro atoms. The van der Waals surface area contributed by atoms with Crippen LogP contribution in [0.2, 0.25) is 0 Å². The first kappa shape index (κ1) is 18.7. The zero-order chi connectivity index (χ0) is 20.5. The number of carbonyl (C=O) groups is 1. The monoisotopic (exact) mass is 390 g/mol. The Balaban J connectivity index is 1.66. The number of aryl methyl sites for hydroxylation is 1. The lowest BCUT2D eigenvalue weighted by atomic mass is 10.2. The van der Waals surface area contributed by atoms with E-state index in [0.717, 1.165) is 17.5 Å². The van der Waals surface area contributed by atoms with E-state index >= 15 is 0 Å². The standard InChI is InChI=1S/C22H22N4O3/c1-3-11-29-22(28)14-7-6-8-15(12-14)26-13-18(27)19(20(26)23)21-24-16-9-4-5-10-17(16)25(21)2/h4-10,12,23,27H,3,11,13H2,1-2H3. The topological polar surface area (TPSA) is 91.4 Å². The quantitative estimate of drug-likeness (QED) is 0.645. The van der Waals surface area contributed by atoms with E-state index in [2.05, 4.69) is 4.98 Å². The third-order valence-electron chi connectivity index (χ3n) is 4.94. The maximum absolute atomic E-state index is 12.2. The maximum atomic E-state index is 12.2. The molecule has 0 saturated carbocycles. The van der Waals surface area contributed by atoms with Gasteiger partial charge in [0.1, 0.15) is 17.4 Å². The number of anilines is 1. The number of amidine groups is 1. The second-order valence-electron chi connectivity index (χ2n) is 6.93. The van der Waals surface area contributed by atoms with Gasteiger partial charge in [0, 0.05) is 12.7 Å². The number of hydrogen-bond donors (Lipinski definition) is 2. The van der Waals surface area contributed by atoms with Crippen molar-refractivity contribution in [1.82, 2.24) is 9.55 Å². The summed E-state index contributed by atoms with van der Waals surface area (Å²) in [7, 11) is 1.87. The molecule has 0 radical (unpaired) electrons. The van der Waals surface area contributed by atoms with Crippen molar-refractivity contribution >= 4 is 34.1 Å². The van der Waals surface area contributed by atoms with Crippen molar-refractivity contribution in [2.45, 2.75) is 13.3 Å². The van der Waals surface area contributed by atoms with E-state index in [-0.39, 0.29) is 18.1 Å². The number of rotatable bonds is 5. The van der Waals surface area contributed by atoms with Gasteiger partial charge in [-0.25, -0.2) is 9.78 Å². The lowest BCUT2D eigenvalue weighted by Crippen LogP contribution is -2.26. The SMILES string of the molecule is CCCOC(=O)c1cccc(N2CC(O)=C(c3nc4ccccc4n3C)C2=N)c1. The number of fused-ring (bicyclic) bond motifs is 1. The number of imidazole rings is 1. The van der Waals surface area contributed by atoms with E-state index in [1.54, 1.807) is 29.2 Å². The molecule has 0 saturated heterocycles. The van der Waals surface area contributed by atoms with Crippen LogP contribution in [0, 0.1) is 5.41 Å². The Morgan fingerprint density at radius 1 is 1.24 bits per heavy atom. The van der Waals surface area contributed by atoms with E-state index in [4.69, 9.17) is 10.1 Å². The van der Waals surface area contributed by atoms with Gasteiger partial charge in [0.25, 0.3) is 0 Å². The molecule has 0 aliphatic carbocycles. The Morgan fingerprint density at radius 2 is 2.03 bits per heavy atom. The number of hydrogen-bond acceptors (Lipinski definition) is 5. The molecule has 0 atom stereocenters. The van der Waals surface area contributed by atoms with Gasteiger partial charge in [-0.3, -0.25) is 5.41 Å². The number of benzene rings is 2. The summed E-state index contributed by atoms with van der Waals surface area (Å²) in [4.78, 5) is 18.4. The van der Waals surface area contributed by atoms with Crippen LogP contribution in [0.15, 0.2) is 54.3 Å². The predicted octanol–water partition coefficient (Wildman–Crippen LogP) is 3.91. The smallest absolute Gasteiger partial charge is 0.338 e. The number of ether oxygens (including phenoxy) is 1. The first-order valence-corrected chi connectivity index (χ1v) is 9.48. The van der Waals surface area contributed by atoms with Crippen LogP contribution in [0.4, 0.5) is 5.69 Å². The number of carbonyl (C=O) groups excluding carboxylic acids is 1. The van der Waals surface area contributed by atoms with Crippen molar-refractivity contribution in [3.05, 3.63) is 65.7 Å². The summed E-state index contributed by atoms with van der Waals surface area (Å²) in [5.41, 5.74) is 3.18. The third kappa shape index (κ3) is 3.24. The summed E-state index contributed by atoms with van der Waals surface area (Å²) in [5.74, 6) is 0.356. The van der Waals surface area contributed by atoms with Crippen molar-refractivity contribution in [3.8, 4) is 0 Å². The van der Waals surface area contributed by atoms with E-state index in [1.165, 1.54) is 0 Å². The molecule has 4 rings (SSSR count). The highest BCUT2D eigenvalue weighted by atomic mass is 16.5. The Morgan fingerprint density at radius 3 is 2.79 bits per heavy atom. The van der Waals surface area contributed by atoms with Crippen LogP contribution >= 0.6 is 0 Å². The molecule has 1 aromatic heterocycles. The molecule has 7 heteroatoms. The number of para-hydroxylation sites is 2. The van der Waals surface area contributed by atoms with Gasteiger partial charge in [-0.15, -0.1) is 0 Å². The Bertz CT molecular complexity index is 1150. The molecule has 1 aliphatic rings. The molecule has 0 unspecified atom stereocenters. The number of aliphatic hydroxyl groups excluding tert-OH is 1. The van der Waals surface area contributed by atoms with Gasteiger partial charge >= 0.3 is 5.97 Å².